The van der Waals surface area contributed by atoms with Crippen LogP contribution in [0.1, 0.15) is 5.56 Å². The zero-order valence-corrected chi connectivity index (χ0v) is 16.4. The van der Waals surface area contributed by atoms with Gasteiger partial charge in [0, 0.05) is 18.3 Å². The van der Waals surface area contributed by atoms with Crippen LogP contribution in [0.3, 0.4) is 0 Å². The van der Waals surface area contributed by atoms with Crippen LogP contribution < -0.4 is 10.6 Å². The molecule has 2 aliphatic heterocycles. The lowest BCUT2D eigenvalue weighted by Crippen LogP contribution is -2.41. The Bertz CT molecular complexity index is 1000. The van der Waals surface area contributed by atoms with Gasteiger partial charge in [-0.3, -0.25) is 0 Å². The maximum atomic E-state index is 13.5. The molecule has 2 fully saturated rings. The summed E-state index contributed by atoms with van der Waals surface area (Å²) in [6, 6.07) is 18.5. The predicted octanol–water partition coefficient (Wildman–Crippen LogP) is 3.02. The number of nitrogens with one attached hydrogen (secondary N) is 2. The van der Waals surface area contributed by atoms with Crippen LogP contribution in [0.4, 0.5) is 10.3 Å². The van der Waals surface area contributed by atoms with Crippen molar-refractivity contribution in [3.8, 4) is 11.3 Å². The molecule has 2 N–H and O–H groups in total. The molecular formula is C23H23FN4O2. The third kappa shape index (κ3) is 4.05. The fourth-order valence-corrected chi connectivity index (χ4v) is 4.05. The Balaban J connectivity index is 1.23. The third-order valence-corrected chi connectivity index (χ3v) is 5.56. The summed E-state index contributed by atoms with van der Waals surface area (Å²) in [6.45, 7) is 1.90. The highest BCUT2D eigenvalue weighted by molar-refractivity contribution is 5.60. The lowest BCUT2D eigenvalue weighted by atomic mass is 10.1. The number of hydrogen-bond acceptors (Lipinski definition) is 6. The van der Waals surface area contributed by atoms with Crippen molar-refractivity contribution < 1.29 is 13.9 Å². The van der Waals surface area contributed by atoms with Crippen LogP contribution in [0.15, 0.2) is 66.9 Å². The van der Waals surface area contributed by atoms with Crippen molar-refractivity contribution in [1.82, 2.24) is 15.3 Å². The zero-order valence-electron chi connectivity index (χ0n) is 16.4. The first-order valence-corrected chi connectivity index (χ1v) is 10.1. The van der Waals surface area contributed by atoms with Crippen molar-refractivity contribution in [1.29, 1.82) is 0 Å². The molecule has 6 nitrogen and oxygen atoms in total. The summed E-state index contributed by atoms with van der Waals surface area (Å²) in [5.41, 5.74) is 2.61. The second kappa shape index (κ2) is 8.47. The van der Waals surface area contributed by atoms with Gasteiger partial charge in [-0.25, -0.2) is 14.4 Å². The molecule has 0 spiro atoms. The minimum atomic E-state index is -0.291. The van der Waals surface area contributed by atoms with E-state index in [2.05, 4.69) is 32.7 Å². The molecule has 2 aromatic carbocycles. The van der Waals surface area contributed by atoms with Gasteiger partial charge in [0.1, 0.15) is 18.0 Å². The van der Waals surface area contributed by atoms with Crippen molar-refractivity contribution in [3.63, 3.8) is 0 Å². The zero-order chi connectivity index (χ0) is 20.3. The highest BCUT2D eigenvalue weighted by Gasteiger charge is 2.47. The van der Waals surface area contributed by atoms with Gasteiger partial charge in [-0.2, -0.15) is 0 Å². The van der Waals surface area contributed by atoms with Crippen LogP contribution in [-0.2, 0) is 16.0 Å². The van der Waals surface area contributed by atoms with Crippen molar-refractivity contribution in [2.45, 2.75) is 30.8 Å². The van der Waals surface area contributed by atoms with E-state index in [1.165, 1.54) is 17.7 Å². The van der Waals surface area contributed by atoms with E-state index in [0.29, 0.717) is 30.4 Å². The molecule has 5 rings (SSSR count). The molecule has 7 heteroatoms. The van der Waals surface area contributed by atoms with Crippen LogP contribution >= 0.6 is 0 Å². The van der Waals surface area contributed by atoms with Crippen LogP contribution in [0.2, 0.25) is 0 Å². The van der Waals surface area contributed by atoms with Crippen LogP contribution in [0.5, 0.6) is 0 Å². The highest BCUT2D eigenvalue weighted by Crippen LogP contribution is 2.29. The van der Waals surface area contributed by atoms with Crippen LogP contribution in [0.25, 0.3) is 11.3 Å². The van der Waals surface area contributed by atoms with Crippen molar-refractivity contribution in [3.05, 3.63) is 78.2 Å². The monoisotopic (exact) mass is 406 g/mol. The summed E-state index contributed by atoms with van der Waals surface area (Å²) < 4.78 is 25.6. The molecular weight excluding hydrogens is 383 g/mol. The number of halogens is 1. The van der Waals surface area contributed by atoms with Gasteiger partial charge in [-0.05, 0) is 23.8 Å². The van der Waals surface area contributed by atoms with Crippen LogP contribution in [0, 0.1) is 5.82 Å². The molecule has 3 heterocycles. The molecule has 4 atom stereocenters. The summed E-state index contributed by atoms with van der Waals surface area (Å²) in [6.07, 6.45) is 1.58. The lowest BCUT2D eigenvalue weighted by molar-refractivity contribution is 0.0675. The van der Waals surface area contributed by atoms with Gasteiger partial charge in [0.05, 0.1) is 31.0 Å². The fraction of sp³-hybridized carbons (Fsp3) is 0.304. The minimum absolute atomic E-state index is 0.0161. The number of benzene rings is 2. The number of fused-ring (bicyclic) bond motifs is 1. The first kappa shape index (κ1) is 19.1. The number of nitrogens with zero attached hydrogens (tertiary/aromatic N) is 2. The summed E-state index contributed by atoms with van der Waals surface area (Å²) in [7, 11) is 0. The van der Waals surface area contributed by atoms with E-state index < -0.39 is 0 Å². The molecule has 0 bridgehead atoms. The standard InChI is InChI=1S/C23H23FN4O2/c24-17-8-4-7-16(11-17)18-9-10-25-23(27-18)28-20-14-30-21-19(13-29-22(20)21)26-12-15-5-2-1-3-6-15/h1-11,19-22,26H,12-14H2,(H,25,27,28). The Morgan fingerprint density at radius 1 is 0.933 bits per heavy atom. The SMILES string of the molecule is Fc1cccc(-c2ccnc(NC3COC4C(NCc5ccccc5)COC34)n2)c1. The summed E-state index contributed by atoms with van der Waals surface area (Å²) in [5, 5.41) is 6.88. The van der Waals surface area contributed by atoms with Gasteiger partial charge < -0.3 is 20.1 Å². The second-order valence-corrected chi connectivity index (χ2v) is 7.60. The highest BCUT2D eigenvalue weighted by atomic mass is 19.1. The van der Waals surface area contributed by atoms with E-state index in [4.69, 9.17) is 9.47 Å². The van der Waals surface area contributed by atoms with E-state index in [9.17, 15) is 4.39 Å². The first-order chi connectivity index (χ1) is 14.8. The van der Waals surface area contributed by atoms with Gasteiger partial charge in [0.25, 0.3) is 0 Å². The topological polar surface area (TPSA) is 68.3 Å². The maximum Gasteiger partial charge on any atom is 0.223 e. The molecule has 4 unspecified atom stereocenters. The van der Waals surface area contributed by atoms with Gasteiger partial charge in [0.2, 0.25) is 5.95 Å². The Morgan fingerprint density at radius 2 is 1.73 bits per heavy atom. The molecule has 3 aromatic rings. The predicted molar refractivity (Wildman–Crippen MR) is 111 cm³/mol. The molecule has 0 aliphatic carbocycles. The number of anilines is 1. The Morgan fingerprint density at radius 3 is 2.57 bits per heavy atom. The molecule has 154 valence electrons. The van der Waals surface area contributed by atoms with E-state index in [-0.39, 0.29) is 30.1 Å². The number of rotatable bonds is 6. The molecule has 1 aromatic heterocycles. The van der Waals surface area contributed by atoms with Gasteiger partial charge >= 0.3 is 0 Å². The third-order valence-electron chi connectivity index (χ3n) is 5.56. The van der Waals surface area contributed by atoms with E-state index in [1.54, 1.807) is 18.3 Å². The average Bonchev–Trinajstić information content (AvgIpc) is 3.36. The Labute approximate surface area is 174 Å². The van der Waals surface area contributed by atoms with Crippen molar-refractivity contribution in [2.24, 2.45) is 0 Å². The van der Waals surface area contributed by atoms with Crippen LogP contribution in [-0.4, -0.2) is 47.5 Å². The summed E-state index contributed by atoms with van der Waals surface area (Å²) in [4.78, 5) is 8.86. The lowest BCUT2D eigenvalue weighted by Gasteiger charge is -2.18. The maximum absolute atomic E-state index is 13.5. The number of aromatic nitrogens is 2. The number of hydrogen-bond donors (Lipinski definition) is 2. The van der Waals surface area contributed by atoms with Gasteiger partial charge in [0.15, 0.2) is 0 Å². The summed E-state index contributed by atoms with van der Waals surface area (Å²) in [5.74, 6) is 0.191. The molecule has 0 amide bonds. The van der Waals surface area contributed by atoms with E-state index in [0.717, 1.165) is 6.54 Å². The molecule has 0 saturated carbocycles. The van der Waals surface area contributed by atoms with E-state index in [1.807, 2.05) is 24.3 Å². The quantitative estimate of drug-likeness (QED) is 0.656. The van der Waals surface area contributed by atoms with Gasteiger partial charge in [-0.15, -0.1) is 0 Å². The average molecular weight is 406 g/mol. The van der Waals surface area contributed by atoms with E-state index >= 15 is 0 Å². The molecule has 2 saturated heterocycles. The van der Waals surface area contributed by atoms with Gasteiger partial charge in [-0.1, -0.05) is 42.5 Å². The Hall–Kier alpha value is -2.87. The Kier molecular flexibility index (Phi) is 5.40. The largest absolute Gasteiger partial charge is 0.371 e. The molecule has 0 radical (unpaired) electrons. The number of ether oxygens (including phenoxy) is 2. The fourth-order valence-electron chi connectivity index (χ4n) is 4.05. The minimum Gasteiger partial charge on any atom is -0.371 e. The first-order valence-electron chi connectivity index (χ1n) is 10.1. The second-order valence-electron chi connectivity index (χ2n) is 7.60. The van der Waals surface area contributed by atoms with Crippen molar-refractivity contribution >= 4 is 5.95 Å². The summed E-state index contributed by atoms with van der Waals surface area (Å²) >= 11 is 0. The molecule has 2 aliphatic rings. The van der Waals surface area contributed by atoms with Crippen molar-refractivity contribution in [2.75, 3.05) is 18.5 Å². The molecule has 30 heavy (non-hydrogen) atoms. The smallest absolute Gasteiger partial charge is 0.223 e. The normalized spacial score (nSPS) is 25.2.